The molecular weight excluding hydrogens is 320 g/mol. The van der Waals surface area contributed by atoms with E-state index >= 15 is 0 Å². The van der Waals surface area contributed by atoms with Crippen molar-refractivity contribution in [3.63, 3.8) is 0 Å². The summed E-state index contributed by atoms with van der Waals surface area (Å²) in [6, 6.07) is -0.384. The van der Waals surface area contributed by atoms with Gasteiger partial charge in [0.25, 0.3) is 5.91 Å². The number of carbonyl (C=O) groups is 3. The Kier molecular flexibility index (Phi) is 8.31. The van der Waals surface area contributed by atoms with E-state index in [1.54, 1.807) is 21.0 Å². The Bertz CT molecular complexity index is 557. The summed E-state index contributed by atoms with van der Waals surface area (Å²) >= 11 is 0. The molecule has 0 aromatic heterocycles. The number of hydrogen-bond donors (Lipinski definition) is 1. The van der Waals surface area contributed by atoms with Crippen molar-refractivity contribution < 1.29 is 14.4 Å². The number of urea groups is 1. The number of nitrogens with zero attached hydrogens (tertiary/aromatic N) is 3. The van der Waals surface area contributed by atoms with E-state index in [0.717, 1.165) is 36.3 Å². The van der Waals surface area contributed by atoms with Gasteiger partial charge in [-0.25, -0.2) is 4.79 Å². The molecule has 0 aliphatic heterocycles. The zero-order valence-corrected chi connectivity index (χ0v) is 16.0. The number of amides is 4. The second-order valence-electron chi connectivity index (χ2n) is 6.86. The first-order valence-electron chi connectivity index (χ1n) is 8.72. The second kappa shape index (κ2) is 9.96. The van der Waals surface area contributed by atoms with Gasteiger partial charge in [0.1, 0.15) is 6.54 Å². The van der Waals surface area contributed by atoms with Crippen molar-refractivity contribution in [2.45, 2.75) is 58.9 Å². The van der Waals surface area contributed by atoms with Gasteiger partial charge in [-0.15, -0.1) is 0 Å². The molecule has 1 aliphatic rings. The molecule has 4 amide bonds. The van der Waals surface area contributed by atoms with Crippen LogP contribution in [-0.4, -0.2) is 60.0 Å². The molecule has 0 aromatic carbocycles. The summed E-state index contributed by atoms with van der Waals surface area (Å²) in [5.41, 5.74) is 1.11. The first kappa shape index (κ1) is 20.9. The molecule has 0 heterocycles. The van der Waals surface area contributed by atoms with Crippen LogP contribution in [0.2, 0.25) is 0 Å². The van der Waals surface area contributed by atoms with Gasteiger partial charge in [0.15, 0.2) is 0 Å². The third kappa shape index (κ3) is 7.07. The van der Waals surface area contributed by atoms with E-state index in [1.807, 2.05) is 13.8 Å². The van der Waals surface area contributed by atoms with E-state index in [0.29, 0.717) is 5.57 Å². The topological polar surface area (TPSA) is 82.1 Å². The van der Waals surface area contributed by atoms with Gasteiger partial charge in [-0.05, 0) is 33.6 Å². The molecule has 0 atom stereocenters. The minimum absolute atomic E-state index is 0.136. The number of aliphatic imine (C=N–C) groups is 1. The molecule has 0 saturated heterocycles. The van der Waals surface area contributed by atoms with Crippen LogP contribution in [0.5, 0.6) is 0 Å². The fourth-order valence-electron chi connectivity index (χ4n) is 2.63. The number of rotatable bonds is 5. The normalized spacial score (nSPS) is 15.3. The molecule has 25 heavy (non-hydrogen) atoms. The predicted molar refractivity (Wildman–Crippen MR) is 98.4 cm³/mol. The molecule has 0 unspecified atom stereocenters. The zero-order valence-electron chi connectivity index (χ0n) is 16.0. The van der Waals surface area contributed by atoms with E-state index < -0.39 is 11.9 Å². The number of imide groups is 1. The second-order valence-corrected chi connectivity index (χ2v) is 6.86. The minimum atomic E-state index is -0.520. The molecule has 0 radical (unpaired) electrons. The standard InChI is InChI=1S/C18H30N4O3/c1-13(2)19-11-14(3)17(24)22(18(25)21(4)5)12-16(23)20-15-9-7-6-8-10-15/h11,15H,6-10,12H2,1-5H3,(H,20,23)/b14-11+. The number of hydrogen-bond acceptors (Lipinski definition) is 4. The quantitative estimate of drug-likeness (QED) is 0.610. The van der Waals surface area contributed by atoms with E-state index in [2.05, 4.69) is 10.3 Å². The first-order valence-corrected chi connectivity index (χ1v) is 8.72. The van der Waals surface area contributed by atoms with Gasteiger partial charge >= 0.3 is 6.03 Å². The van der Waals surface area contributed by atoms with Gasteiger partial charge in [-0.1, -0.05) is 19.3 Å². The van der Waals surface area contributed by atoms with Crippen LogP contribution in [0, 0.1) is 0 Å². The summed E-state index contributed by atoms with van der Waals surface area (Å²) < 4.78 is 0. The summed E-state index contributed by atoms with van der Waals surface area (Å²) in [7, 11) is 3.10. The van der Waals surface area contributed by atoms with E-state index in [9.17, 15) is 14.4 Å². The van der Waals surface area contributed by atoms with Crippen LogP contribution in [0.15, 0.2) is 16.8 Å². The van der Waals surface area contributed by atoms with E-state index in [1.165, 1.54) is 17.5 Å². The van der Waals surface area contributed by atoms with Crippen molar-refractivity contribution in [1.82, 2.24) is 15.1 Å². The smallest absolute Gasteiger partial charge is 0.326 e. The Morgan fingerprint density at radius 1 is 1.08 bits per heavy atom. The van der Waals surface area contributed by atoms with Crippen molar-refractivity contribution in [2.24, 2.45) is 4.99 Å². The molecule has 7 nitrogen and oxygen atoms in total. The van der Waals surface area contributed by atoms with Gasteiger partial charge in [0, 0.05) is 37.6 Å². The van der Waals surface area contributed by atoms with Crippen LogP contribution in [0.25, 0.3) is 0 Å². The maximum Gasteiger partial charge on any atom is 0.326 e. The minimum Gasteiger partial charge on any atom is -0.352 e. The van der Waals surface area contributed by atoms with Crippen LogP contribution in [0.3, 0.4) is 0 Å². The van der Waals surface area contributed by atoms with Crippen LogP contribution in [-0.2, 0) is 9.59 Å². The first-order chi connectivity index (χ1) is 11.7. The SMILES string of the molecule is CC(C)=N/C=C(\C)C(=O)N(CC(=O)NC1CCCCC1)C(=O)N(C)C. The monoisotopic (exact) mass is 350 g/mol. The molecule has 0 aromatic rings. The predicted octanol–water partition coefficient (Wildman–Crippen LogP) is 2.33. The van der Waals surface area contributed by atoms with Crippen molar-refractivity contribution in [3.05, 3.63) is 11.8 Å². The van der Waals surface area contributed by atoms with Crippen molar-refractivity contribution in [2.75, 3.05) is 20.6 Å². The molecular formula is C18H30N4O3. The molecule has 140 valence electrons. The van der Waals surface area contributed by atoms with Crippen LogP contribution in [0.1, 0.15) is 52.9 Å². The molecule has 7 heteroatoms. The highest BCUT2D eigenvalue weighted by Crippen LogP contribution is 2.17. The summed E-state index contributed by atoms with van der Waals surface area (Å²) in [4.78, 5) is 43.6. The molecule has 1 fully saturated rings. The maximum atomic E-state index is 12.6. The highest BCUT2D eigenvalue weighted by molar-refractivity contribution is 6.05. The summed E-state index contributed by atoms with van der Waals surface area (Å²) in [5.74, 6) is -0.819. The Hall–Kier alpha value is -2.18. The Morgan fingerprint density at radius 2 is 1.68 bits per heavy atom. The Morgan fingerprint density at radius 3 is 2.20 bits per heavy atom. The number of carbonyl (C=O) groups excluding carboxylic acids is 3. The largest absolute Gasteiger partial charge is 0.352 e. The van der Waals surface area contributed by atoms with Gasteiger partial charge in [0.2, 0.25) is 5.91 Å². The average Bonchev–Trinajstić information content (AvgIpc) is 2.57. The lowest BCUT2D eigenvalue weighted by molar-refractivity contribution is -0.131. The third-order valence-corrected chi connectivity index (χ3v) is 3.98. The fourth-order valence-corrected chi connectivity index (χ4v) is 2.63. The van der Waals surface area contributed by atoms with Crippen LogP contribution in [0.4, 0.5) is 4.79 Å². The highest BCUT2D eigenvalue weighted by Gasteiger charge is 2.27. The molecule has 1 aliphatic carbocycles. The molecule has 1 N–H and O–H groups in total. The summed E-state index contributed by atoms with van der Waals surface area (Å²) in [6.07, 6.45) is 6.71. The van der Waals surface area contributed by atoms with Gasteiger partial charge in [-0.2, -0.15) is 0 Å². The molecule has 0 spiro atoms. The lowest BCUT2D eigenvalue weighted by atomic mass is 9.95. The van der Waals surface area contributed by atoms with Gasteiger partial charge < -0.3 is 10.2 Å². The Balaban J connectivity index is 2.83. The van der Waals surface area contributed by atoms with E-state index in [-0.39, 0.29) is 18.5 Å². The average molecular weight is 350 g/mol. The zero-order chi connectivity index (χ0) is 19.0. The summed E-state index contributed by atoms with van der Waals surface area (Å²) in [5, 5.41) is 2.94. The van der Waals surface area contributed by atoms with Crippen LogP contribution >= 0.6 is 0 Å². The van der Waals surface area contributed by atoms with Crippen molar-refractivity contribution >= 4 is 23.6 Å². The van der Waals surface area contributed by atoms with Gasteiger partial charge in [-0.3, -0.25) is 19.5 Å². The molecule has 0 bridgehead atoms. The van der Waals surface area contributed by atoms with Crippen LogP contribution < -0.4 is 5.32 Å². The van der Waals surface area contributed by atoms with Crippen molar-refractivity contribution in [1.29, 1.82) is 0 Å². The fraction of sp³-hybridized carbons (Fsp3) is 0.667. The van der Waals surface area contributed by atoms with E-state index in [4.69, 9.17) is 0 Å². The lowest BCUT2D eigenvalue weighted by Gasteiger charge is -2.27. The maximum absolute atomic E-state index is 12.6. The highest BCUT2D eigenvalue weighted by atomic mass is 16.2. The number of nitrogens with one attached hydrogen (secondary N) is 1. The molecule has 1 saturated carbocycles. The van der Waals surface area contributed by atoms with Crippen molar-refractivity contribution in [3.8, 4) is 0 Å². The lowest BCUT2D eigenvalue weighted by Crippen LogP contribution is -2.50. The third-order valence-electron chi connectivity index (χ3n) is 3.98. The Labute approximate surface area is 150 Å². The van der Waals surface area contributed by atoms with Gasteiger partial charge in [0.05, 0.1) is 0 Å². The summed E-state index contributed by atoms with van der Waals surface area (Å²) in [6.45, 7) is 4.93. The molecule has 1 rings (SSSR count).